The van der Waals surface area contributed by atoms with Crippen molar-refractivity contribution in [1.82, 2.24) is 14.5 Å². The second-order valence-electron chi connectivity index (χ2n) is 13.4. The quantitative estimate of drug-likeness (QED) is 0.194. The molecule has 4 aromatic heterocycles. The van der Waals surface area contributed by atoms with Crippen molar-refractivity contribution in [2.45, 2.75) is 19.3 Å². The van der Waals surface area contributed by atoms with Crippen molar-refractivity contribution in [2.24, 2.45) is 0 Å². The Bertz CT molecular complexity index is 2990. The van der Waals surface area contributed by atoms with E-state index in [1.54, 1.807) is 0 Å². The number of nitrogens with zero attached hydrogens (tertiary/aromatic N) is 3. The van der Waals surface area contributed by atoms with Crippen LogP contribution in [0.4, 0.5) is 0 Å². The number of hydrogen-bond donors (Lipinski definition) is 0. The first-order valence-electron chi connectivity index (χ1n) is 16.3. The predicted molar refractivity (Wildman–Crippen MR) is 194 cm³/mol. The number of fused-ring (bicyclic) bond motifs is 11. The molecule has 5 heteroatoms. The van der Waals surface area contributed by atoms with Crippen LogP contribution in [-0.4, -0.2) is 14.5 Å². The zero-order chi connectivity index (χ0) is 31.7. The van der Waals surface area contributed by atoms with E-state index >= 15 is 0 Å². The molecule has 0 N–H and O–H groups in total. The van der Waals surface area contributed by atoms with Crippen LogP contribution in [0, 0.1) is 0 Å². The topological polar surface area (TPSA) is 57.0 Å². The fourth-order valence-electron chi connectivity index (χ4n) is 8.13. The average molecular weight is 618 g/mol. The third-order valence-electron chi connectivity index (χ3n) is 10.4. The van der Waals surface area contributed by atoms with Crippen LogP contribution >= 0.6 is 0 Å². The fourth-order valence-corrected chi connectivity index (χ4v) is 8.13. The minimum absolute atomic E-state index is 0.266. The summed E-state index contributed by atoms with van der Waals surface area (Å²) in [6.45, 7) is 4.65. The molecule has 48 heavy (non-hydrogen) atoms. The van der Waals surface area contributed by atoms with Gasteiger partial charge in [0.15, 0.2) is 11.4 Å². The number of hydrogen-bond acceptors (Lipinski definition) is 4. The minimum Gasteiger partial charge on any atom is -0.455 e. The predicted octanol–water partition coefficient (Wildman–Crippen LogP) is 11.3. The average Bonchev–Trinajstić information content (AvgIpc) is 3.79. The van der Waals surface area contributed by atoms with Gasteiger partial charge in [0.25, 0.3) is 0 Å². The maximum atomic E-state index is 6.51. The number of para-hydroxylation sites is 5. The summed E-state index contributed by atoms with van der Waals surface area (Å²) in [5.41, 5.74) is 13.0. The second kappa shape index (κ2) is 8.99. The normalized spacial score (nSPS) is 13.8. The maximum Gasteiger partial charge on any atom is 0.164 e. The van der Waals surface area contributed by atoms with Gasteiger partial charge in [0.05, 0.1) is 28.0 Å². The highest BCUT2D eigenvalue weighted by Gasteiger charge is 2.36. The fraction of sp³-hybridized carbons (Fsp3) is 0.0698. The van der Waals surface area contributed by atoms with E-state index in [1.807, 2.05) is 30.3 Å². The Labute approximate surface area is 274 Å². The van der Waals surface area contributed by atoms with Crippen LogP contribution in [0.1, 0.15) is 25.0 Å². The van der Waals surface area contributed by atoms with Crippen molar-refractivity contribution in [1.29, 1.82) is 0 Å². The van der Waals surface area contributed by atoms with Crippen LogP contribution < -0.4 is 0 Å². The molecule has 0 atom stereocenters. The van der Waals surface area contributed by atoms with E-state index < -0.39 is 0 Å². The smallest absolute Gasteiger partial charge is 0.164 e. The third kappa shape index (κ3) is 3.25. The van der Waals surface area contributed by atoms with Gasteiger partial charge < -0.3 is 13.4 Å². The van der Waals surface area contributed by atoms with Gasteiger partial charge in [-0.05, 0) is 59.7 Å². The van der Waals surface area contributed by atoms with Gasteiger partial charge in [-0.25, -0.2) is 9.97 Å². The molecular formula is C43H27N3O2. The summed E-state index contributed by atoms with van der Waals surface area (Å²) in [5, 5.41) is 5.43. The Morgan fingerprint density at radius 3 is 2.10 bits per heavy atom. The Kier molecular flexibility index (Phi) is 4.86. The number of benzene rings is 6. The van der Waals surface area contributed by atoms with Gasteiger partial charge in [-0.1, -0.05) is 92.7 Å². The molecule has 10 aromatic rings. The molecule has 0 spiro atoms. The molecule has 6 aromatic carbocycles. The van der Waals surface area contributed by atoms with E-state index in [0.29, 0.717) is 5.82 Å². The largest absolute Gasteiger partial charge is 0.455 e. The number of aromatic nitrogens is 3. The lowest BCUT2D eigenvalue weighted by Gasteiger charge is -2.35. The molecule has 0 saturated heterocycles. The van der Waals surface area contributed by atoms with E-state index in [9.17, 15) is 0 Å². The summed E-state index contributed by atoms with van der Waals surface area (Å²) in [5.74, 6) is 0.648. The molecular weight excluding hydrogens is 590 g/mol. The summed E-state index contributed by atoms with van der Waals surface area (Å²) in [7, 11) is 0. The zero-order valence-electron chi connectivity index (χ0n) is 26.3. The van der Waals surface area contributed by atoms with Gasteiger partial charge in [0, 0.05) is 37.9 Å². The van der Waals surface area contributed by atoms with Gasteiger partial charge in [0.2, 0.25) is 0 Å². The van der Waals surface area contributed by atoms with Crippen LogP contribution in [0.2, 0.25) is 0 Å². The van der Waals surface area contributed by atoms with Gasteiger partial charge in [0.1, 0.15) is 22.3 Å². The summed E-state index contributed by atoms with van der Waals surface area (Å²) >= 11 is 0. The van der Waals surface area contributed by atoms with Crippen LogP contribution in [0.15, 0.2) is 136 Å². The molecule has 1 aliphatic rings. The SMILES string of the molecule is CC1(C)c2cc(-c3nc(-c4cccc5c4oc4ccccc45)nc4ccccc34)ccc2-n2c3c1cccc3c1oc3ccccc3c12. The monoisotopic (exact) mass is 617 g/mol. The van der Waals surface area contributed by atoms with Gasteiger partial charge >= 0.3 is 0 Å². The van der Waals surface area contributed by atoms with Crippen molar-refractivity contribution in [3.05, 3.63) is 139 Å². The molecule has 0 fully saturated rings. The van der Waals surface area contributed by atoms with E-state index in [4.69, 9.17) is 18.8 Å². The molecule has 5 nitrogen and oxygen atoms in total. The first-order chi connectivity index (χ1) is 23.6. The number of rotatable bonds is 2. The second-order valence-corrected chi connectivity index (χ2v) is 13.4. The lowest BCUT2D eigenvalue weighted by Crippen LogP contribution is -2.26. The molecule has 0 aliphatic carbocycles. The highest BCUT2D eigenvalue weighted by molar-refractivity contribution is 6.18. The summed E-state index contributed by atoms with van der Waals surface area (Å²) in [4.78, 5) is 10.4. The molecule has 5 heterocycles. The molecule has 0 radical (unpaired) electrons. The van der Waals surface area contributed by atoms with Gasteiger partial charge in [-0.2, -0.15) is 0 Å². The molecule has 11 rings (SSSR count). The first-order valence-corrected chi connectivity index (χ1v) is 16.3. The maximum absolute atomic E-state index is 6.51. The molecule has 1 aliphatic heterocycles. The zero-order valence-corrected chi connectivity index (χ0v) is 26.3. The summed E-state index contributed by atoms with van der Waals surface area (Å²) in [6.07, 6.45) is 0. The van der Waals surface area contributed by atoms with Crippen molar-refractivity contribution >= 4 is 65.8 Å². The molecule has 226 valence electrons. The van der Waals surface area contributed by atoms with E-state index in [1.165, 1.54) is 22.3 Å². The van der Waals surface area contributed by atoms with Gasteiger partial charge in [-0.3, -0.25) is 0 Å². The van der Waals surface area contributed by atoms with E-state index in [-0.39, 0.29) is 5.41 Å². The van der Waals surface area contributed by atoms with Crippen molar-refractivity contribution in [3.8, 4) is 28.3 Å². The molecule has 0 amide bonds. The highest BCUT2D eigenvalue weighted by Crippen LogP contribution is 2.50. The van der Waals surface area contributed by atoms with Crippen molar-refractivity contribution in [3.63, 3.8) is 0 Å². The lowest BCUT2D eigenvalue weighted by atomic mass is 9.74. The summed E-state index contributed by atoms with van der Waals surface area (Å²) < 4.78 is 15.4. The summed E-state index contributed by atoms with van der Waals surface area (Å²) in [6, 6.07) is 44.4. The number of furan rings is 2. The van der Waals surface area contributed by atoms with Crippen LogP contribution in [0.3, 0.4) is 0 Å². The Hall–Kier alpha value is -6.20. The molecule has 0 bridgehead atoms. The Morgan fingerprint density at radius 1 is 0.542 bits per heavy atom. The van der Waals surface area contributed by atoms with Crippen LogP contribution in [0.25, 0.3) is 94.1 Å². The molecule has 0 saturated carbocycles. The van der Waals surface area contributed by atoms with Crippen LogP contribution in [-0.2, 0) is 5.41 Å². The van der Waals surface area contributed by atoms with Crippen molar-refractivity contribution in [2.75, 3.05) is 0 Å². The molecule has 0 unspecified atom stereocenters. The Morgan fingerprint density at radius 2 is 1.23 bits per heavy atom. The van der Waals surface area contributed by atoms with E-state index in [0.717, 1.165) is 77.1 Å². The highest BCUT2D eigenvalue weighted by atomic mass is 16.3. The first kappa shape index (κ1) is 25.9. The standard InChI is InChI=1S/C43H27N3O2/c1-43(2)31-17-10-15-29-38(31)46(39-28-13-5-8-20-36(28)48-41(29)39)34-22-21-24(23-32(34)43)37-27-12-3-6-18-33(27)44-42(45-37)30-16-9-14-26-25-11-4-7-19-35(25)47-40(26)30/h3-23H,1-2H3. The lowest BCUT2D eigenvalue weighted by molar-refractivity contribution is 0.630. The van der Waals surface area contributed by atoms with Gasteiger partial charge in [-0.15, -0.1) is 0 Å². The Balaban J connectivity index is 1.18. The van der Waals surface area contributed by atoms with Crippen molar-refractivity contribution < 1.29 is 8.83 Å². The van der Waals surface area contributed by atoms with Crippen LogP contribution in [0.5, 0.6) is 0 Å². The van der Waals surface area contributed by atoms with E-state index in [2.05, 4.69) is 115 Å². The third-order valence-corrected chi connectivity index (χ3v) is 10.4. The minimum atomic E-state index is -0.266.